The lowest BCUT2D eigenvalue weighted by molar-refractivity contribution is 0.628. The maximum absolute atomic E-state index is 12.6. The zero-order valence-corrected chi connectivity index (χ0v) is 8.12. The van der Waals surface area contributed by atoms with Crippen LogP contribution in [0, 0.1) is 5.82 Å². The van der Waals surface area contributed by atoms with Gasteiger partial charge in [0.25, 0.3) is 0 Å². The lowest BCUT2D eigenvalue weighted by atomic mass is 10.2. The number of aromatic nitrogens is 3. The first kappa shape index (κ1) is 9.79. The van der Waals surface area contributed by atoms with Gasteiger partial charge < -0.3 is 0 Å². The minimum absolute atomic E-state index is 0.0469. The van der Waals surface area contributed by atoms with Gasteiger partial charge in [0.1, 0.15) is 5.82 Å². The van der Waals surface area contributed by atoms with Crippen molar-refractivity contribution in [3.05, 3.63) is 45.9 Å². The molecule has 0 aliphatic rings. The predicted molar refractivity (Wildman–Crippen MR) is 53.1 cm³/mol. The minimum atomic E-state index is -0.589. The molecule has 4 nitrogen and oxygen atoms in total. The van der Waals surface area contributed by atoms with Crippen LogP contribution in [-0.4, -0.2) is 15.0 Å². The first-order valence-electron chi connectivity index (χ1n) is 4.05. The monoisotopic (exact) mass is 225 g/mol. The Morgan fingerprint density at radius 2 is 1.87 bits per heavy atom. The molecule has 15 heavy (non-hydrogen) atoms. The fraction of sp³-hybridized carbons (Fsp3) is 0. The molecule has 1 heterocycles. The Labute approximate surface area is 88.8 Å². The Kier molecular flexibility index (Phi) is 2.47. The number of rotatable bonds is 1. The van der Waals surface area contributed by atoms with Gasteiger partial charge in [0, 0.05) is 5.56 Å². The van der Waals surface area contributed by atoms with Crippen molar-refractivity contribution in [2.75, 3.05) is 0 Å². The molecule has 0 bridgehead atoms. The van der Waals surface area contributed by atoms with Gasteiger partial charge in [0.2, 0.25) is 5.28 Å². The van der Waals surface area contributed by atoms with Crippen LogP contribution in [0.4, 0.5) is 4.39 Å². The van der Waals surface area contributed by atoms with Gasteiger partial charge in [-0.3, -0.25) is 4.98 Å². The third-order valence-electron chi connectivity index (χ3n) is 1.72. The second kappa shape index (κ2) is 3.78. The molecular formula is C9H5ClFN3O. The molecule has 1 aromatic carbocycles. The van der Waals surface area contributed by atoms with Crippen LogP contribution in [0.15, 0.2) is 29.1 Å². The van der Waals surface area contributed by atoms with E-state index < -0.39 is 5.69 Å². The summed E-state index contributed by atoms with van der Waals surface area (Å²) >= 11 is 5.55. The van der Waals surface area contributed by atoms with E-state index in [1.165, 1.54) is 24.3 Å². The Bertz CT molecular complexity index is 538. The van der Waals surface area contributed by atoms with Crippen LogP contribution in [-0.2, 0) is 0 Å². The zero-order valence-electron chi connectivity index (χ0n) is 7.37. The van der Waals surface area contributed by atoms with Crippen LogP contribution >= 0.6 is 11.6 Å². The standard InChI is InChI=1S/C9H5ClFN3O/c10-8-12-7(13-9(15)14-8)5-1-3-6(11)4-2-5/h1-4H,(H,12,13,14,15). The van der Waals surface area contributed by atoms with Crippen LogP contribution in [0.25, 0.3) is 11.4 Å². The quantitative estimate of drug-likeness (QED) is 0.802. The van der Waals surface area contributed by atoms with Crippen LogP contribution < -0.4 is 5.69 Å². The highest BCUT2D eigenvalue weighted by Crippen LogP contribution is 2.14. The smallest absolute Gasteiger partial charge is 0.280 e. The molecule has 0 atom stereocenters. The van der Waals surface area contributed by atoms with E-state index >= 15 is 0 Å². The molecule has 0 aliphatic heterocycles. The second-order valence-corrected chi connectivity index (χ2v) is 3.13. The van der Waals surface area contributed by atoms with Crippen LogP contribution in [0.3, 0.4) is 0 Å². The first-order chi connectivity index (χ1) is 7.15. The molecule has 2 aromatic rings. The van der Waals surface area contributed by atoms with Gasteiger partial charge in [0.05, 0.1) is 0 Å². The van der Waals surface area contributed by atoms with E-state index in [0.717, 1.165) is 0 Å². The number of halogens is 2. The largest absolute Gasteiger partial charge is 0.349 e. The average molecular weight is 226 g/mol. The summed E-state index contributed by atoms with van der Waals surface area (Å²) in [4.78, 5) is 20.6. The molecule has 1 N–H and O–H groups in total. The molecule has 76 valence electrons. The van der Waals surface area contributed by atoms with Crippen molar-refractivity contribution in [2.45, 2.75) is 0 Å². The minimum Gasteiger partial charge on any atom is -0.280 e. The van der Waals surface area contributed by atoms with E-state index in [2.05, 4.69) is 15.0 Å². The molecule has 2 rings (SSSR count). The van der Waals surface area contributed by atoms with Gasteiger partial charge in [-0.2, -0.15) is 9.97 Å². The van der Waals surface area contributed by atoms with Crippen molar-refractivity contribution in [3.63, 3.8) is 0 Å². The van der Waals surface area contributed by atoms with Crippen molar-refractivity contribution >= 4 is 11.6 Å². The SMILES string of the molecule is O=c1nc(-c2ccc(F)cc2)nc(Cl)[nH]1. The zero-order chi connectivity index (χ0) is 10.8. The number of nitrogens with one attached hydrogen (secondary N) is 1. The fourth-order valence-corrected chi connectivity index (χ4v) is 1.25. The number of hydrogen-bond donors (Lipinski definition) is 1. The highest BCUT2D eigenvalue weighted by Gasteiger charge is 2.03. The van der Waals surface area contributed by atoms with Gasteiger partial charge in [-0.15, -0.1) is 0 Å². The normalized spacial score (nSPS) is 10.3. The van der Waals surface area contributed by atoms with Crippen LogP contribution in [0.5, 0.6) is 0 Å². The molecular weight excluding hydrogens is 221 g/mol. The molecule has 0 spiro atoms. The van der Waals surface area contributed by atoms with Crippen molar-refractivity contribution in [3.8, 4) is 11.4 Å². The van der Waals surface area contributed by atoms with Crippen LogP contribution in [0.2, 0.25) is 5.28 Å². The molecule has 0 fully saturated rings. The Hall–Kier alpha value is -1.75. The predicted octanol–water partition coefficient (Wildman–Crippen LogP) is 1.62. The highest BCUT2D eigenvalue weighted by molar-refractivity contribution is 6.28. The van der Waals surface area contributed by atoms with Gasteiger partial charge in [-0.05, 0) is 35.9 Å². The van der Waals surface area contributed by atoms with Crippen molar-refractivity contribution in [2.24, 2.45) is 0 Å². The summed E-state index contributed by atoms with van der Waals surface area (Å²) in [6, 6.07) is 5.46. The van der Waals surface area contributed by atoms with Gasteiger partial charge in [-0.25, -0.2) is 9.18 Å². The van der Waals surface area contributed by atoms with Gasteiger partial charge >= 0.3 is 5.69 Å². The number of aromatic amines is 1. The maximum atomic E-state index is 12.6. The van der Waals surface area contributed by atoms with E-state index in [0.29, 0.717) is 5.56 Å². The van der Waals surface area contributed by atoms with E-state index in [9.17, 15) is 9.18 Å². The van der Waals surface area contributed by atoms with Crippen molar-refractivity contribution < 1.29 is 4.39 Å². The average Bonchev–Trinajstić information content (AvgIpc) is 2.17. The highest BCUT2D eigenvalue weighted by atomic mass is 35.5. The molecule has 1 aromatic heterocycles. The fourth-order valence-electron chi connectivity index (χ4n) is 1.09. The number of nitrogens with zero attached hydrogens (tertiary/aromatic N) is 2. The summed E-state index contributed by atoms with van der Waals surface area (Å²) in [5, 5.41) is -0.0469. The summed E-state index contributed by atoms with van der Waals surface area (Å²) in [5.74, 6) is -0.196. The molecule has 0 saturated heterocycles. The topological polar surface area (TPSA) is 58.6 Å². The second-order valence-electron chi connectivity index (χ2n) is 2.78. The van der Waals surface area contributed by atoms with E-state index in [1.807, 2.05) is 0 Å². The lowest BCUT2D eigenvalue weighted by Crippen LogP contribution is -2.12. The van der Waals surface area contributed by atoms with Gasteiger partial charge in [0.15, 0.2) is 5.82 Å². The number of benzene rings is 1. The molecule has 0 unspecified atom stereocenters. The summed E-state index contributed by atoms with van der Waals surface area (Å²) in [6.07, 6.45) is 0. The van der Waals surface area contributed by atoms with E-state index in [-0.39, 0.29) is 16.9 Å². The Morgan fingerprint density at radius 3 is 2.47 bits per heavy atom. The van der Waals surface area contributed by atoms with Gasteiger partial charge in [-0.1, -0.05) is 0 Å². The van der Waals surface area contributed by atoms with Crippen molar-refractivity contribution in [1.29, 1.82) is 0 Å². The summed E-state index contributed by atoms with van der Waals surface area (Å²) in [6.45, 7) is 0. The van der Waals surface area contributed by atoms with E-state index in [4.69, 9.17) is 11.6 Å². The summed E-state index contributed by atoms with van der Waals surface area (Å²) in [7, 11) is 0. The molecule has 0 radical (unpaired) electrons. The third kappa shape index (κ3) is 2.19. The first-order valence-corrected chi connectivity index (χ1v) is 4.43. The molecule has 0 aliphatic carbocycles. The van der Waals surface area contributed by atoms with Crippen LogP contribution in [0.1, 0.15) is 0 Å². The molecule has 6 heteroatoms. The number of H-pyrrole nitrogens is 1. The lowest BCUT2D eigenvalue weighted by Gasteiger charge is -1.98. The van der Waals surface area contributed by atoms with Crippen molar-refractivity contribution in [1.82, 2.24) is 15.0 Å². The molecule has 0 saturated carbocycles. The van der Waals surface area contributed by atoms with E-state index in [1.54, 1.807) is 0 Å². The summed E-state index contributed by atoms with van der Waals surface area (Å²) in [5.41, 5.74) is -0.0567. The number of hydrogen-bond acceptors (Lipinski definition) is 3. The third-order valence-corrected chi connectivity index (χ3v) is 1.90. The maximum Gasteiger partial charge on any atom is 0.349 e. The Morgan fingerprint density at radius 1 is 1.20 bits per heavy atom. The summed E-state index contributed by atoms with van der Waals surface area (Å²) < 4.78 is 12.6. The molecule has 0 amide bonds. The Balaban J connectivity index is 2.54.